The summed E-state index contributed by atoms with van der Waals surface area (Å²) in [4.78, 5) is 28.7. The SMILES string of the molecule is C=C1C[C@@H]2[C@@H](CC1=O)C[C@H](NC(=O)N(C)CCCOC)CN2CCC. The Morgan fingerprint density at radius 2 is 2.20 bits per heavy atom. The van der Waals surface area contributed by atoms with Crippen LogP contribution in [0.3, 0.4) is 0 Å². The number of carbonyl (C=O) groups excluding carboxylic acids is 2. The van der Waals surface area contributed by atoms with E-state index in [-0.39, 0.29) is 17.9 Å². The highest BCUT2D eigenvalue weighted by Gasteiger charge is 2.41. The zero-order valence-electron chi connectivity index (χ0n) is 15.9. The van der Waals surface area contributed by atoms with Crippen molar-refractivity contribution >= 4 is 11.8 Å². The smallest absolute Gasteiger partial charge is 0.317 e. The van der Waals surface area contributed by atoms with E-state index >= 15 is 0 Å². The van der Waals surface area contributed by atoms with Crippen molar-refractivity contribution in [3.8, 4) is 0 Å². The standard InChI is InChI=1S/C19H33N3O3/c1-5-7-22-13-16(20-19(24)21(3)8-6-9-25-4)11-15-12-18(23)14(2)10-17(15)22/h15-17H,2,5-13H2,1,3-4H3,(H,20,24)/t15-,16+,17-/m1/s1. The third-order valence-electron chi connectivity index (χ3n) is 5.38. The Balaban J connectivity index is 1.94. The van der Waals surface area contributed by atoms with Gasteiger partial charge in [-0.25, -0.2) is 4.79 Å². The van der Waals surface area contributed by atoms with Gasteiger partial charge in [0.05, 0.1) is 0 Å². The fourth-order valence-electron chi connectivity index (χ4n) is 4.06. The summed E-state index contributed by atoms with van der Waals surface area (Å²) in [5.74, 6) is 0.517. The van der Waals surface area contributed by atoms with Crippen LogP contribution in [0.25, 0.3) is 0 Å². The maximum Gasteiger partial charge on any atom is 0.317 e. The summed E-state index contributed by atoms with van der Waals surface area (Å²) in [6, 6.07) is 0.463. The monoisotopic (exact) mass is 351 g/mol. The number of nitrogens with zero attached hydrogens (tertiary/aromatic N) is 2. The summed E-state index contributed by atoms with van der Waals surface area (Å²) in [6.07, 6.45) is 4.12. The van der Waals surface area contributed by atoms with E-state index in [0.717, 1.165) is 44.3 Å². The number of carbonyl (C=O) groups is 2. The van der Waals surface area contributed by atoms with Crippen LogP contribution < -0.4 is 5.32 Å². The highest BCUT2D eigenvalue weighted by Crippen LogP contribution is 2.35. The Hall–Kier alpha value is -1.40. The van der Waals surface area contributed by atoms with E-state index in [4.69, 9.17) is 4.74 Å². The van der Waals surface area contributed by atoms with Gasteiger partial charge in [-0.05, 0) is 43.7 Å². The molecule has 1 aliphatic heterocycles. The van der Waals surface area contributed by atoms with Crippen LogP contribution in [0.4, 0.5) is 4.79 Å². The molecule has 2 rings (SSSR count). The normalized spacial score (nSPS) is 27.1. The molecule has 0 aromatic rings. The molecular weight excluding hydrogens is 318 g/mol. The van der Waals surface area contributed by atoms with E-state index in [9.17, 15) is 9.59 Å². The molecule has 6 heteroatoms. The van der Waals surface area contributed by atoms with Gasteiger partial charge < -0.3 is 15.0 Å². The fourth-order valence-corrected chi connectivity index (χ4v) is 4.06. The van der Waals surface area contributed by atoms with Gasteiger partial charge in [0.2, 0.25) is 0 Å². The molecule has 1 N–H and O–H groups in total. The minimum atomic E-state index is -0.0393. The molecule has 0 unspecified atom stereocenters. The topological polar surface area (TPSA) is 61.9 Å². The molecule has 25 heavy (non-hydrogen) atoms. The summed E-state index contributed by atoms with van der Waals surface area (Å²) in [7, 11) is 3.48. The highest BCUT2D eigenvalue weighted by molar-refractivity contribution is 5.95. The molecule has 2 amide bonds. The number of ketones is 1. The average molecular weight is 351 g/mol. The molecular formula is C19H33N3O3. The lowest BCUT2D eigenvalue weighted by atomic mass is 9.74. The molecule has 3 atom stereocenters. The minimum Gasteiger partial charge on any atom is -0.385 e. The molecule has 0 aromatic carbocycles. The van der Waals surface area contributed by atoms with Gasteiger partial charge in [0.15, 0.2) is 5.78 Å². The molecule has 6 nitrogen and oxygen atoms in total. The fraction of sp³-hybridized carbons (Fsp3) is 0.789. The van der Waals surface area contributed by atoms with Crippen molar-refractivity contribution in [3.05, 3.63) is 12.2 Å². The number of nitrogens with one attached hydrogen (secondary N) is 1. The molecule has 1 saturated heterocycles. The number of hydrogen-bond acceptors (Lipinski definition) is 4. The summed E-state index contributed by atoms with van der Waals surface area (Å²) < 4.78 is 5.04. The minimum absolute atomic E-state index is 0.0393. The predicted octanol–water partition coefficient (Wildman–Crippen LogP) is 2.05. The van der Waals surface area contributed by atoms with Crippen LogP contribution in [0, 0.1) is 5.92 Å². The molecule has 0 radical (unpaired) electrons. The number of likely N-dealkylation sites (tertiary alicyclic amines) is 1. The lowest BCUT2D eigenvalue weighted by Crippen LogP contribution is -2.58. The van der Waals surface area contributed by atoms with Crippen molar-refractivity contribution in [2.75, 3.05) is 40.4 Å². The summed E-state index contributed by atoms with van der Waals surface area (Å²) in [5.41, 5.74) is 0.766. The average Bonchev–Trinajstić information content (AvgIpc) is 2.57. The Morgan fingerprint density at radius 3 is 2.88 bits per heavy atom. The van der Waals surface area contributed by atoms with Crippen LogP contribution in [0.2, 0.25) is 0 Å². The Kier molecular flexibility index (Phi) is 7.44. The van der Waals surface area contributed by atoms with Gasteiger partial charge in [-0.1, -0.05) is 13.5 Å². The van der Waals surface area contributed by atoms with Gasteiger partial charge in [-0.15, -0.1) is 0 Å². The largest absolute Gasteiger partial charge is 0.385 e. The maximum atomic E-state index is 12.4. The summed E-state index contributed by atoms with van der Waals surface area (Å²) in [6.45, 7) is 9.30. The van der Waals surface area contributed by atoms with Gasteiger partial charge in [0.1, 0.15) is 0 Å². The van der Waals surface area contributed by atoms with Crippen molar-refractivity contribution < 1.29 is 14.3 Å². The van der Waals surface area contributed by atoms with Crippen LogP contribution in [0.5, 0.6) is 0 Å². The second kappa shape index (κ2) is 9.34. The number of methoxy groups -OCH3 is 1. The molecule has 142 valence electrons. The molecule has 0 aromatic heterocycles. The van der Waals surface area contributed by atoms with E-state index in [0.29, 0.717) is 31.5 Å². The van der Waals surface area contributed by atoms with Gasteiger partial charge in [-0.2, -0.15) is 0 Å². The lowest BCUT2D eigenvalue weighted by Gasteiger charge is -2.47. The lowest BCUT2D eigenvalue weighted by molar-refractivity contribution is -0.119. The van der Waals surface area contributed by atoms with Crippen LogP contribution in [0.15, 0.2) is 12.2 Å². The number of ether oxygens (including phenoxy) is 1. The maximum absolute atomic E-state index is 12.4. The Morgan fingerprint density at radius 1 is 1.44 bits per heavy atom. The number of amides is 2. The molecule has 1 heterocycles. The van der Waals surface area contributed by atoms with Crippen LogP contribution in [-0.4, -0.2) is 74.1 Å². The first-order chi connectivity index (χ1) is 12.0. The van der Waals surface area contributed by atoms with Crippen LogP contribution >= 0.6 is 0 Å². The van der Waals surface area contributed by atoms with Gasteiger partial charge in [-0.3, -0.25) is 9.69 Å². The van der Waals surface area contributed by atoms with Gasteiger partial charge in [0.25, 0.3) is 0 Å². The Labute approximate surface area is 151 Å². The second-order valence-corrected chi connectivity index (χ2v) is 7.41. The van der Waals surface area contributed by atoms with E-state index < -0.39 is 0 Å². The second-order valence-electron chi connectivity index (χ2n) is 7.41. The van der Waals surface area contributed by atoms with Gasteiger partial charge in [0, 0.05) is 52.4 Å². The van der Waals surface area contributed by atoms with Gasteiger partial charge >= 0.3 is 6.03 Å². The van der Waals surface area contributed by atoms with Crippen LogP contribution in [0.1, 0.15) is 39.0 Å². The van der Waals surface area contributed by atoms with E-state index in [1.165, 1.54) is 0 Å². The first kappa shape index (κ1) is 19.9. The number of fused-ring (bicyclic) bond motifs is 1. The number of urea groups is 1. The highest BCUT2D eigenvalue weighted by atomic mass is 16.5. The van der Waals surface area contributed by atoms with Crippen molar-refractivity contribution in [2.45, 2.75) is 51.1 Å². The summed E-state index contributed by atoms with van der Waals surface area (Å²) in [5, 5.41) is 3.16. The molecule has 1 aliphatic carbocycles. The van der Waals surface area contributed by atoms with E-state index in [1.54, 1.807) is 12.0 Å². The number of piperidine rings is 1. The number of hydrogen-bond donors (Lipinski definition) is 1. The molecule has 2 aliphatic rings. The Bertz CT molecular complexity index is 494. The van der Waals surface area contributed by atoms with E-state index in [2.05, 4.69) is 23.7 Å². The molecule has 0 spiro atoms. The van der Waals surface area contributed by atoms with Crippen molar-refractivity contribution in [3.63, 3.8) is 0 Å². The van der Waals surface area contributed by atoms with Crippen molar-refractivity contribution in [1.82, 2.24) is 15.1 Å². The third-order valence-corrected chi connectivity index (χ3v) is 5.38. The zero-order valence-corrected chi connectivity index (χ0v) is 15.9. The van der Waals surface area contributed by atoms with Crippen molar-refractivity contribution in [1.29, 1.82) is 0 Å². The first-order valence-corrected chi connectivity index (χ1v) is 9.41. The summed E-state index contributed by atoms with van der Waals surface area (Å²) >= 11 is 0. The molecule has 1 saturated carbocycles. The molecule has 0 bridgehead atoms. The third kappa shape index (κ3) is 5.28. The first-order valence-electron chi connectivity index (χ1n) is 9.41. The van der Waals surface area contributed by atoms with E-state index in [1.807, 2.05) is 7.05 Å². The molecule has 2 fully saturated rings. The zero-order chi connectivity index (χ0) is 18.4. The number of Topliss-reactive ketones (excluding diaryl/α,β-unsaturated/α-hetero) is 1. The predicted molar refractivity (Wildman–Crippen MR) is 98.6 cm³/mol. The van der Waals surface area contributed by atoms with Crippen LogP contribution in [-0.2, 0) is 9.53 Å². The quantitative estimate of drug-likeness (QED) is 0.563. The number of rotatable bonds is 7. The van der Waals surface area contributed by atoms with Crippen molar-refractivity contribution in [2.24, 2.45) is 5.92 Å².